The van der Waals surface area contributed by atoms with E-state index in [4.69, 9.17) is 0 Å². The fourth-order valence-corrected chi connectivity index (χ4v) is 2.25. The molecule has 8 heteroatoms. The van der Waals surface area contributed by atoms with Crippen LogP contribution in [-0.4, -0.2) is 23.8 Å². The van der Waals surface area contributed by atoms with Crippen molar-refractivity contribution in [3.8, 4) is 0 Å². The van der Waals surface area contributed by atoms with Gasteiger partial charge in [-0.15, -0.1) is 0 Å². The number of halogens is 3. The van der Waals surface area contributed by atoms with Crippen LogP contribution in [0.2, 0.25) is 0 Å². The van der Waals surface area contributed by atoms with Gasteiger partial charge in [0, 0.05) is 23.9 Å². The average Bonchev–Trinajstić information content (AvgIpc) is 2.54. The molecule has 0 fully saturated rings. The van der Waals surface area contributed by atoms with Crippen molar-refractivity contribution in [2.75, 3.05) is 7.05 Å². The zero-order chi connectivity index (χ0) is 17.0. The van der Waals surface area contributed by atoms with E-state index in [1.165, 1.54) is 31.6 Å². The third-order valence-corrected chi connectivity index (χ3v) is 3.46. The van der Waals surface area contributed by atoms with E-state index >= 15 is 0 Å². The van der Waals surface area contributed by atoms with Crippen LogP contribution in [0, 0.1) is 11.6 Å². The zero-order valence-corrected chi connectivity index (χ0v) is 13.5. The molecular weight excluding hydrogens is 372 g/mol. The van der Waals surface area contributed by atoms with Gasteiger partial charge in [0.05, 0.1) is 5.56 Å². The molecule has 2 aromatic rings. The van der Waals surface area contributed by atoms with Crippen LogP contribution in [0.4, 0.5) is 8.78 Å². The summed E-state index contributed by atoms with van der Waals surface area (Å²) in [6.45, 7) is 0. The van der Waals surface area contributed by atoms with Crippen molar-refractivity contribution in [1.82, 2.24) is 15.6 Å². The molecular formula is C15H12BrF2N3O2. The van der Waals surface area contributed by atoms with Gasteiger partial charge >= 0.3 is 0 Å². The second kappa shape index (κ2) is 7.28. The first-order valence-electron chi connectivity index (χ1n) is 6.50. The third kappa shape index (κ3) is 4.10. The fourth-order valence-electron chi connectivity index (χ4n) is 1.89. The zero-order valence-electron chi connectivity index (χ0n) is 11.9. The van der Waals surface area contributed by atoms with Crippen molar-refractivity contribution >= 4 is 27.7 Å². The van der Waals surface area contributed by atoms with Gasteiger partial charge < -0.3 is 10.6 Å². The molecule has 0 aliphatic rings. The molecule has 0 radical (unpaired) electrons. The molecule has 1 atom stereocenters. The first-order chi connectivity index (χ1) is 10.9. The highest BCUT2D eigenvalue weighted by molar-refractivity contribution is 9.10. The summed E-state index contributed by atoms with van der Waals surface area (Å²) >= 11 is 3.19. The number of hydrogen-bond donors (Lipinski definition) is 2. The van der Waals surface area contributed by atoms with Crippen LogP contribution in [-0.2, 0) is 4.79 Å². The van der Waals surface area contributed by atoms with E-state index < -0.39 is 29.5 Å². The predicted octanol–water partition coefficient (Wildman–Crippen LogP) is 2.34. The Bertz CT molecular complexity index is 755. The van der Waals surface area contributed by atoms with E-state index in [-0.39, 0.29) is 11.1 Å². The first kappa shape index (κ1) is 17.0. The number of carbonyl (C=O) groups excluding carboxylic acids is 2. The number of benzene rings is 1. The quantitative estimate of drug-likeness (QED) is 0.850. The number of nitrogens with zero attached hydrogens (tertiary/aromatic N) is 1. The molecule has 23 heavy (non-hydrogen) atoms. The van der Waals surface area contributed by atoms with Crippen molar-refractivity contribution in [2.45, 2.75) is 6.04 Å². The number of pyridine rings is 1. The molecule has 1 heterocycles. The van der Waals surface area contributed by atoms with E-state index in [2.05, 4.69) is 31.5 Å². The number of likely N-dealkylation sites (N-methyl/N-ethyl adjacent to an activating group) is 1. The summed E-state index contributed by atoms with van der Waals surface area (Å²) in [5, 5.41) is 4.84. The molecule has 1 unspecified atom stereocenters. The predicted molar refractivity (Wildman–Crippen MR) is 82.6 cm³/mol. The van der Waals surface area contributed by atoms with E-state index in [1.54, 1.807) is 0 Å². The van der Waals surface area contributed by atoms with Crippen LogP contribution in [0.15, 0.2) is 41.1 Å². The summed E-state index contributed by atoms with van der Waals surface area (Å²) in [7, 11) is 1.38. The van der Waals surface area contributed by atoms with Gasteiger partial charge in [0.1, 0.15) is 6.04 Å². The number of rotatable bonds is 4. The summed E-state index contributed by atoms with van der Waals surface area (Å²) in [6, 6.07) is 3.36. The second-order valence-corrected chi connectivity index (χ2v) is 5.50. The lowest BCUT2D eigenvalue weighted by Crippen LogP contribution is -2.39. The minimum atomic E-state index is -1.17. The first-order valence-corrected chi connectivity index (χ1v) is 7.29. The lowest BCUT2D eigenvalue weighted by Gasteiger charge is -2.18. The molecule has 5 nitrogen and oxygen atoms in total. The molecule has 0 saturated carbocycles. The van der Waals surface area contributed by atoms with E-state index in [0.29, 0.717) is 4.47 Å². The number of nitrogens with one attached hydrogen (secondary N) is 2. The Hall–Kier alpha value is -2.35. The summed E-state index contributed by atoms with van der Waals surface area (Å²) in [5.74, 6) is -3.27. The van der Waals surface area contributed by atoms with Crippen LogP contribution in [0.3, 0.4) is 0 Å². The van der Waals surface area contributed by atoms with Crippen molar-refractivity contribution in [2.24, 2.45) is 0 Å². The molecule has 2 amide bonds. The Kier molecular flexibility index (Phi) is 5.38. The van der Waals surface area contributed by atoms with Gasteiger partial charge in [-0.05, 0) is 39.7 Å². The normalized spacial score (nSPS) is 11.7. The van der Waals surface area contributed by atoms with Crippen LogP contribution < -0.4 is 10.6 Å². The maximum absolute atomic E-state index is 13.4. The maximum atomic E-state index is 13.4. The van der Waals surface area contributed by atoms with Gasteiger partial charge in [-0.1, -0.05) is 6.07 Å². The molecule has 0 spiro atoms. The van der Waals surface area contributed by atoms with Crippen LogP contribution in [0.25, 0.3) is 0 Å². The molecule has 0 aliphatic heterocycles. The number of hydrogen-bond acceptors (Lipinski definition) is 3. The summed E-state index contributed by atoms with van der Waals surface area (Å²) in [6.07, 6.45) is 2.83. The second-order valence-electron chi connectivity index (χ2n) is 4.59. The lowest BCUT2D eigenvalue weighted by molar-refractivity contribution is -0.122. The fraction of sp³-hybridized carbons (Fsp3) is 0.133. The van der Waals surface area contributed by atoms with Crippen LogP contribution in [0.5, 0.6) is 0 Å². The van der Waals surface area contributed by atoms with Crippen LogP contribution >= 0.6 is 15.9 Å². The number of amides is 2. The van der Waals surface area contributed by atoms with Gasteiger partial charge in [-0.2, -0.15) is 0 Å². The topological polar surface area (TPSA) is 71.1 Å². The number of carbonyl (C=O) groups is 2. The molecule has 2 rings (SSSR count). The van der Waals surface area contributed by atoms with Gasteiger partial charge in [-0.25, -0.2) is 8.78 Å². The van der Waals surface area contributed by atoms with Crippen molar-refractivity contribution in [3.63, 3.8) is 0 Å². The summed E-state index contributed by atoms with van der Waals surface area (Å²) in [4.78, 5) is 28.1. The van der Waals surface area contributed by atoms with Gasteiger partial charge in [0.25, 0.3) is 5.91 Å². The highest BCUT2D eigenvalue weighted by Gasteiger charge is 2.23. The standard InChI is InChI=1S/C15H12BrF2N3O2/c1-19-15(23)13(8-2-3-11(17)12(18)5-8)21-14(22)9-4-10(16)7-20-6-9/h2-7,13H,1H3,(H,19,23)(H,21,22). The summed E-state index contributed by atoms with van der Waals surface area (Å²) < 4.78 is 27.0. The minimum Gasteiger partial charge on any atom is -0.357 e. The van der Waals surface area contributed by atoms with E-state index in [9.17, 15) is 18.4 Å². The number of aromatic nitrogens is 1. The molecule has 2 N–H and O–H groups in total. The van der Waals surface area contributed by atoms with Crippen LogP contribution in [0.1, 0.15) is 22.0 Å². The molecule has 120 valence electrons. The largest absolute Gasteiger partial charge is 0.357 e. The smallest absolute Gasteiger partial charge is 0.253 e. The summed E-state index contributed by atoms with van der Waals surface area (Å²) in [5.41, 5.74) is 0.343. The third-order valence-electron chi connectivity index (χ3n) is 3.03. The van der Waals surface area contributed by atoms with Gasteiger partial charge in [-0.3, -0.25) is 14.6 Å². The average molecular weight is 384 g/mol. The van der Waals surface area contributed by atoms with Crippen molar-refractivity contribution in [1.29, 1.82) is 0 Å². The Balaban J connectivity index is 2.30. The Morgan fingerprint density at radius 3 is 2.52 bits per heavy atom. The Morgan fingerprint density at radius 1 is 1.17 bits per heavy atom. The molecule has 1 aromatic carbocycles. The highest BCUT2D eigenvalue weighted by atomic mass is 79.9. The lowest BCUT2D eigenvalue weighted by atomic mass is 10.1. The highest BCUT2D eigenvalue weighted by Crippen LogP contribution is 2.18. The molecule has 0 aliphatic carbocycles. The Labute approximate surface area is 139 Å². The van der Waals surface area contributed by atoms with E-state index in [0.717, 1.165) is 12.1 Å². The maximum Gasteiger partial charge on any atom is 0.253 e. The van der Waals surface area contributed by atoms with Gasteiger partial charge in [0.2, 0.25) is 5.91 Å². The SMILES string of the molecule is CNC(=O)C(NC(=O)c1cncc(Br)c1)c1ccc(F)c(F)c1. The molecule has 0 bridgehead atoms. The monoisotopic (exact) mass is 383 g/mol. The molecule has 0 saturated heterocycles. The van der Waals surface area contributed by atoms with Gasteiger partial charge in [0.15, 0.2) is 11.6 Å². The minimum absolute atomic E-state index is 0.125. The Morgan fingerprint density at radius 2 is 1.91 bits per heavy atom. The van der Waals surface area contributed by atoms with Crippen molar-refractivity contribution < 1.29 is 18.4 Å². The van der Waals surface area contributed by atoms with Crippen molar-refractivity contribution in [3.05, 3.63) is 63.9 Å². The molecule has 1 aromatic heterocycles. The van der Waals surface area contributed by atoms with E-state index in [1.807, 2.05) is 0 Å².